The lowest BCUT2D eigenvalue weighted by Crippen LogP contribution is -2.06. The first-order chi connectivity index (χ1) is 9.31. The monoisotopic (exact) mass is 288 g/mol. The quantitative estimate of drug-likeness (QED) is 0.823. The molecule has 0 spiro atoms. The number of hydrogen-bond acceptors (Lipinski definition) is 1. The van der Waals surface area contributed by atoms with Crippen molar-refractivity contribution in [2.45, 2.75) is 12.8 Å². The lowest BCUT2D eigenvalue weighted by Gasteiger charge is -2.12. The molecule has 2 rings (SSSR count). The lowest BCUT2D eigenvalue weighted by atomic mass is 9.97. The van der Waals surface area contributed by atoms with Gasteiger partial charge in [-0.25, -0.2) is 8.78 Å². The Morgan fingerprint density at radius 2 is 1.50 bits per heavy atom. The van der Waals surface area contributed by atoms with E-state index >= 15 is 0 Å². The summed E-state index contributed by atoms with van der Waals surface area (Å²) in [6, 6.07) is 5.29. The van der Waals surface area contributed by atoms with Crippen LogP contribution in [0.2, 0.25) is 0 Å². The van der Waals surface area contributed by atoms with Gasteiger partial charge < -0.3 is 5.11 Å². The third kappa shape index (κ3) is 2.96. The van der Waals surface area contributed by atoms with Crippen molar-refractivity contribution in [1.29, 1.82) is 0 Å². The summed E-state index contributed by atoms with van der Waals surface area (Å²) in [4.78, 5) is 0. The summed E-state index contributed by atoms with van der Waals surface area (Å²) in [5.74, 6) is -1.69. The van der Waals surface area contributed by atoms with Gasteiger partial charge in [-0.15, -0.1) is 0 Å². The molecule has 0 fully saturated rings. The average Bonchev–Trinajstić information content (AvgIpc) is 2.35. The Bertz CT molecular complexity index is 614. The highest BCUT2D eigenvalue weighted by Crippen LogP contribution is 2.33. The van der Waals surface area contributed by atoms with Crippen LogP contribution in [0, 0.1) is 11.6 Å². The van der Waals surface area contributed by atoms with Crippen LogP contribution in [-0.4, -0.2) is 5.11 Å². The first-order valence-corrected chi connectivity index (χ1v) is 5.58. The smallest absolute Gasteiger partial charge is 0.392 e. The summed E-state index contributed by atoms with van der Waals surface area (Å²) in [6.07, 6.45) is -4.55. The number of benzene rings is 2. The van der Waals surface area contributed by atoms with E-state index in [1.165, 1.54) is 0 Å². The fourth-order valence-electron chi connectivity index (χ4n) is 1.89. The van der Waals surface area contributed by atoms with Crippen LogP contribution in [0.1, 0.15) is 11.1 Å². The molecular formula is C14H9F5O. The maximum absolute atomic E-state index is 13.1. The molecule has 0 aromatic heterocycles. The van der Waals surface area contributed by atoms with E-state index in [9.17, 15) is 22.0 Å². The number of alkyl halides is 3. The van der Waals surface area contributed by atoms with Crippen LogP contribution in [0.4, 0.5) is 22.0 Å². The molecule has 106 valence electrons. The van der Waals surface area contributed by atoms with Crippen LogP contribution in [0.15, 0.2) is 36.4 Å². The molecule has 0 atom stereocenters. The van der Waals surface area contributed by atoms with E-state index in [1.54, 1.807) is 0 Å². The van der Waals surface area contributed by atoms with E-state index in [2.05, 4.69) is 0 Å². The molecule has 1 N–H and O–H groups in total. The van der Waals surface area contributed by atoms with Gasteiger partial charge in [0.1, 0.15) is 11.6 Å². The van der Waals surface area contributed by atoms with E-state index in [0.717, 1.165) is 30.3 Å². The van der Waals surface area contributed by atoms with E-state index in [0.29, 0.717) is 6.07 Å². The normalized spacial score (nSPS) is 11.7. The summed E-state index contributed by atoms with van der Waals surface area (Å²) in [7, 11) is 0. The van der Waals surface area contributed by atoms with Gasteiger partial charge in [0.25, 0.3) is 0 Å². The molecule has 2 aromatic carbocycles. The molecule has 6 heteroatoms. The van der Waals surface area contributed by atoms with Crippen LogP contribution >= 0.6 is 0 Å². The summed E-state index contributed by atoms with van der Waals surface area (Å²) in [5, 5.41) is 9.15. The zero-order chi connectivity index (χ0) is 14.9. The fraction of sp³-hybridized carbons (Fsp3) is 0.143. The van der Waals surface area contributed by atoms with Crippen molar-refractivity contribution in [2.24, 2.45) is 0 Å². The lowest BCUT2D eigenvalue weighted by molar-refractivity contribution is -0.137. The fourth-order valence-corrected chi connectivity index (χ4v) is 1.89. The molecule has 0 amide bonds. The average molecular weight is 288 g/mol. The molecule has 0 aliphatic carbocycles. The summed E-state index contributed by atoms with van der Waals surface area (Å²) in [6.45, 7) is -0.669. The van der Waals surface area contributed by atoms with Crippen molar-refractivity contribution in [3.63, 3.8) is 0 Å². The van der Waals surface area contributed by atoms with Crippen molar-refractivity contribution < 1.29 is 27.1 Å². The Labute approximate surface area is 111 Å². The minimum atomic E-state index is -4.55. The van der Waals surface area contributed by atoms with Crippen molar-refractivity contribution in [3.05, 3.63) is 59.2 Å². The van der Waals surface area contributed by atoms with E-state index in [1.807, 2.05) is 0 Å². The molecule has 0 unspecified atom stereocenters. The van der Waals surface area contributed by atoms with Gasteiger partial charge in [0.15, 0.2) is 0 Å². The van der Waals surface area contributed by atoms with Crippen LogP contribution in [0.5, 0.6) is 0 Å². The van der Waals surface area contributed by atoms with Gasteiger partial charge in [-0.2, -0.15) is 13.2 Å². The van der Waals surface area contributed by atoms with E-state index in [4.69, 9.17) is 5.11 Å². The predicted octanol–water partition coefficient (Wildman–Crippen LogP) is 4.14. The molecule has 1 nitrogen and oxygen atoms in total. The minimum absolute atomic E-state index is 0.0511. The maximum Gasteiger partial charge on any atom is 0.416 e. The Hall–Kier alpha value is -1.95. The third-order valence-electron chi connectivity index (χ3n) is 2.78. The number of halogens is 5. The molecule has 0 aliphatic heterocycles. The van der Waals surface area contributed by atoms with Crippen LogP contribution in [0.3, 0.4) is 0 Å². The van der Waals surface area contributed by atoms with Crippen molar-refractivity contribution in [3.8, 4) is 11.1 Å². The highest BCUT2D eigenvalue weighted by Gasteiger charge is 2.31. The zero-order valence-corrected chi connectivity index (χ0v) is 10.0. The highest BCUT2D eigenvalue weighted by atomic mass is 19.4. The molecule has 0 radical (unpaired) electrons. The molecule has 0 saturated heterocycles. The van der Waals surface area contributed by atoms with Crippen LogP contribution in [-0.2, 0) is 12.8 Å². The van der Waals surface area contributed by atoms with E-state index < -0.39 is 30.0 Å². The Balaban J connectivity index is 2.57. The van der Waals surface area contributed by atoms with Gasteiger partial charge in [0.2, 0.25) is 0 Å². The molecule has 2 aromatic rings. The number of aliphatic hydroxyl groups is 1. The van der Waals surface area contributed by atoms with Crippen molar-refractivity contribution in [1.82, 2.24) is 0 Å². The van der Waals surface area contributed by atoms with E-state index in [-0.39, 0.29) is 16.7 Å². The molecular weight excluding hydrogens is 279 g/mol. The van der Waals surface area contributed by atoms with Crippen LogP contribution < -0.4 is 0 Å². The SMILES string of the molecule is OCc1cc(C(F)(F)F)ccc1-c1cc(F)cc(F)c1. The minimum Gasteiger partial charge on any atom is -0.392 e. The zero-order valence-electron chi connectivity index (χ0n) is 10.0. The standard InChI is InChI=1S/C14H9F5O/c15-11-4-8(5-12(16)6-11)13-2-1-10(14(17,18)19)3-9(13)7-20/h1-6,20H,7H2. The second-order valence-corrected chi connectivity index (χ2v) is 4.19. The molecule has 20 heavy (non-hydrogen) atoms. The second kappa shape index (κ2) is 5.20. The summed E-state index contributed by atoms with van der Waals surface area (Å²) in [5.41, 5.74) is -0.758. The number of hydrogen-bond donors (Lipinski definition) is 1. The summed E-state index contributed by atoms with van der Waals surface area (Å²) < 4.78 is 64.0. The first-order valence-electron chi connectivity index (χ1n) is 5.58. The van der Waals surface area contributed by atoms with Crippen molar-refractivity contribution in [2.75, 3.05) is 0 Å². The van der Waals surface area contributed by atoms with Crippen molar-refractivity contribution >= 4 is 0 Å². The Morgan fingerprint density at radius 1 is 0.900 bits per heavy atom. The molecule has 0 bridgehead atoms. The van der Waals surface area contributed by atoms with Gasteiger partial charge in [-0.05, 0) is 41.0 Å². The summed E-state index contributed by atoms with van der Waals surface area (Å²) >= 11 is 0. The van der Waals surface area contributed by atoms with Gasteiger partial charge in [-0.3, -0.25) is 0 Å². The Morgan fingerprint density at radius 3 is 2.00 bits per heavy atom. The topological polar surface area (TPSA) is 20.2 Å². The van der Waals surface area contributed by atoms with Gasteiger partial charge >= 0.3 is 6.18 Å². The van der Waals surface area contributed by atoms with Gasteiger partial charge in [0, 0.05) is 6.07 Å². The molecule has 0 saturated carbocycles. The van der Waals surface area contributed by atoms with Gasteiger partial charge in [-0.1, -0.05) is 6.07 Å². The van der Waals surface area contributed by atoms with Crippen LogP contribution in [0.25, 0.3) is 11.1 Å². The second-order valence-electron chi connectivity index (χ2n) is 4.19. The number of aliphatic hydroxyl groups excluding tert-OH is 1. The molecule has 0 aliphatic rings. The maximum atomic E-state index is 13.1. The number of rotatable bonds is 2. The predicted molar refractivity (Wildman–Crippen MR) is 62.7 cm³/mol. The highest BCUT2D eigenvalue weighted by molar-refractivity contribution is 5.68. The molecule has 0 heterocycles. The Kier molecular flexibility index (Phi) is 3.76. The third-order valence-corrected chi connectivity index (χ3v) is 2.78. The first kappa shape index (κ1) is 14.5. The van der Waals surface area contributed by atoms with Gasteiger partial charge in [0.05, 0.1) is 12.2 Å². The largest absolute Gasteiger partial charge is 0.416 e.